The van der Waals surface area contributed by atoms with Crippen molar-refractivity contribution in [1.29, 1.82) is 0 Å². The summed E-state index contributed by atoms with van der Waals surface area (Å²) in [6, 6.07) is 16.1. The monoisotopic (exact) mass is 415 g/mol. The molecule has 2 aliphatic rings. The summed E-state index contributed by atoms with van der Waals surface area (Å²) >= 11 is 0. The maximum Gasteiger partial charge on any atom is 0.245 e. The number of aromatic nitrogens is 1. The van der Waals surface area contributed by atoms with Crippen molar-refractivity contribution in [1.82, 2.24) is 10.4 Å². The van der Waals surface area contributed by atoms with Gasteiger partial charge in [-0.15, -0.1) is 0 Å². The van der Waals surface area contributed by atoms with Crippen LogP contribution in [0.4, 0.5) is 5.69 Å². The van der Waals surface area contributed by atoms with Crippen molar-refractivity contribution in [2.75, 3.05) is 31.2 Å². The second kappa shape index (κ2) is 8.09. The number of nitrogens with zero attached hydrogens (tertiary/aromatic N) is 3. The molecular weight excluding hydrogens is 390 g/mol. The molecule has 0 spiro atoms. The van der Waals surface area contributed by atoms with Gasteiger partial charge < -0.3 is 15.4 Å². The number of nitrogens with two attached hydrogens (primary N) is 1. The Kier molecular flexibility index (Phi) is 5.13. The number of morpholine rings is 1. The van der Waals surface area contributed by atoms with Gasteiger partial charge in [0.1, 0.15) is 0 Å². The molecule has 0 radical (unpaired) electrons. The van der Waals surface area contributed by atoms with Crippen molar-refractivity contribution < 1.29 is 9.53 Å². The lowest BCUT2D eigenvalue weighted by Crippen LogP contribution is -2.36. The Balaban J connectivity index is 1.20. The molecule has 1 amide bonds. The van der Waals surface area contributed by atoms with Gasteiger partial charge in [0.15, 0.2) is 0 Å². The summed E-state index contributed by atoms with van der Waals surface area (Å²) in [5.41, 5.74) is 11.6. The largest absolute Gasteiger partial charge is 0.378 e. The molecular formula is C24H25N5O2. The van der Waals surface area contributed by atoms with Crippen molar-refractivity contribution in [2.45, 2.75) is 12.0 Å². The Bertz CT molecular complexity index is 1120. The van der Waals surface area contributed by atoms with Crippen LogP contribution < -0.4 is 16.1 Å². The molecule has 1 aliphatic heterocycles. The molecule has 2 heterocycles. The second-order valence-electron chi connectivity index (χ2n) is 8.16. The number of hydrogen-bond acceptors (Lipinski definition) is 6. The first-order chi connectivity index (χ1) is 15.1. The normalized spacial score (nSPS) is 23.3. The van der Waals surface area contributed by atoms with Crippen LogP contribution in [0.25, 0.3) is 10.8 Å². The van der Waals surface area contributed by atoms with E-state index >= 15 is 0 Å². The lowest BCUT2D eigenvalue weighted by molar-refractivity contribution is -0.122. The third kappa shape index (κ3) is 4.02. The predicted octanol–water partition coefficient (Wildman–Crippen LogP) is 2.40. The van der Waals surface area contributed by atoms with Gasteiger partial charge in [-0.2, -0.15) is 5.10 Å². The fourth-order valence-corrected chi connectivity index (χ4v) is 4.16. The van der Waals surface area contributed by atoms with E-state index < -0.39 is 5.54 Å². The van der Waals surface area contributed by atoms with Crippen LogP contribution in [0, 0.1) is 5.92 Å². The van der Waals surface area contributed by atoms with Gasteiger partial charge in [0.25, 0.3) is 0 Å². The molecule has 0 bridgehead atoms. The molecule has 1 saturated heterocycles. The first-order valence-electron chi connectivity index (χ1n) is 10.5. The van der Waals surface area contributed by atoms with Crippen LogP contribution in [-0.2, 0) is 15.1 Å². The highest BCUT2D eigenvalue weighted by molar-refractivity contribution is 5.91. The molecule has 7 nitrogen and oxygen atoms in total. The third-order valence-electron chi connectivity index (χ3n) is 6.15. The number of pyridine rings is 1. The number of benzene rings is 2. The van der Waals surface area contributed by atoms with Crippen LogP contribution in [0.15, 0.2) is 66.0 Å². The van der Waals surface area contributed by atoms with E-state index in [2.05, 4.69) is 32.5 Å². The van der Waals surface area contributed by atoms with Crippen LogP contribution in [0.3, 0.4) is 0 Å². The van der Waals surface area contributed by atoms with Gasteiger partial charge in [-0.1, -0.05) is 24.3 Å². The Morgan fingerprint density at radius 1 is 1.16 bits per heavy atom. The minimum atomic E-state index is -0.626. The summed E-state index contributed by atoms with van der Waals surface area (Å²) in [5, 5.41) is 6.27. The highest BCUT2D eigenvalue weighted by atomic mass is 16.5. The van der Waals surface area contributed by atoms with E-state index in [0.717, 1.165) is 53.9 Å². The minimum absolute atomic E-state index is 0.152. The molecule has 3 aromatic rings. The molecule has 2 aromatic carbocycles. The molecule has 1 saturated carbocycles. The molecule has 1 aliphatic carbocycles. The van der Waals surface area contributed by atoms with Gasteiger partial charge in [0.2, 0.25) is 5.91 Å². The van der Waals surface area contributed by atoms with Gasteiger partial charge >= 0.3 is 0 Å². The molecule has 7 heteroatoms. The Labute approximate surface area is 180 Å². The van der Waals surface area contributed by atoms with E-state index in [1.165, 1.54) is 0 Å². The average Bonchev–Trinajstić information content (AvgIpc) is 3.52. The number of hydrazone groups is 1. The number of hydrogen-bond donors (Lipinski definition) is 2. The number of anilines is 1. The summed E-state index contributed by atoms with van der Waals surface area (Å²) in [6.45, 7) is 3.29. The molecule has 31 heavy (non-hydrogen) atoms. The number of carbonyl (C=O) groups excluding carboxylic acids is 1. The van der Waals surface area contributed by atoms with Crippen LogP contribution in [0.2, 0.25) is 0 Å². The third-order valence-corrected chi connectivity index (χ3v) is 6.15. The van der Waals surface area contributed by atoms with Gasteiger partial charge in [-0.3, -0.25) is 9.78 Å². The first-order valence-corrected chi connectivity index (χ1v) is 10.5. The number of rotatable bonds is 5. The summed E-state index contributed by atoms with van der Waals surface area (Å²) in [4.78, 5) is 19.0. The van der Waals surface area contributed by atoms with Gasteiger partial charge in [-0.05, 0) is 47.2 Å². The number of carbonyl (C=O) groups is 1. The zero-order chi connectivity index (χ0) is 21.3. The van der Waals surface area contributed by atoms with E-state index in [0.29, 0.717) is 6.42 Å². The fourth-order valence-electron chi connectivity index (χ4n) is 4.16. The van der Waals surface area contributed by atoms with Crippen LogP contribution in [-0.4, -0.2) is 43.4 Å². The van der Waals surface area contributed by atoms with Crippen LogP contribution in [0.1, 0.15) is 17.5 Å². The SMILES string of the molecule is NC1(c2ccc(N3CCOCC3)cc2)CC1C(=O)N/N=C/c1ccc2cnccc2c1. The maximum atomic E-state index is 12.6. The number of ether oxygens (including phenoxy) is 1. The van der Waals surface area contributed by atoms with E-state index in [-0.39, 0.29) is 11.8 Å². The van der Waals surface area contributed by atoms with Crippen molar-refractivity contribution in [3.63, 3.8) is 0 Å². The standard InChI is InChI=1S/C24H25N5O2/c25-24(20-3-5-21(6-4-20)29-9-11-31-12-10-29)14-22(24)23(30)28-27-15-17-1-2-19-16-26-8-7-18(19)13-17/h1-8,13,15-16,22H,9-12,14,25H2,(H,28,30)/b27-15+. The summed E-state index contributed by atoms with van der Waals surface area (Å²) < 4.78 is 5.41. The van der Waals surface area contributed by atoms with Crippen molar-refractivity contribution in [3.8, 4) is 0 Å². The summed E-state index contributed by atoms with van der Waals surface area (Å²) in [7, 11) is 0. The smallest absolute Gasteiger partial charge is 0.245 e. The van der Waals surface area contributed by atoms with E-state index in [4.69, 9.17) is 10.5 Å². The van der Waals surface area contributed by atoms with Gasteiger partial charge in [-0.25, -0.2) is 5.43 Å². The lowest BCUT2D eigenvalue weighted by atomic mass is 10.0. The fraction of sp³-hybridized carbons (Fsp3) is 0.292. The summed E-state index contributed by atoms with van der Waals surface area (Å²) in [6.07, 6.45) is 5.84. The molecule has 3 N–H and O–H groups in total. The van der Waals surface area contributed by atoms with Crippen LogP contribution in [0.5, 0.6) is 0 Å². The summed E-state index contributed by atoms with van der Waals surface area (Å²) in [5.74, 6) is -0.428. The molecule has 1 aromatic heterocycles. The second-order valence-corrected chi connectivity index (χ2v) is 8.16. The van der Waals surface area contributed by atoms with Crippen LogP contribution >= 0.6 is 0 Å². The van der Waals surface area contributed by atoms with Crippen molar-refractivity contribution in [2.24, 2.45) is 16.8 Å². The van der Waals surface area contributed by atoms with Crippen molar-refractivity contribution in [3.05, 3.63) is 72.1 Å². The highest BCUT2D eigenvalue weighted by Gasteiger charge is 2.56. The zero-order valence-electron chi connectivity index (χ0n) is 17.2. The molecule has 158 valence electrons. The van der Waals surface area contributed by atoms with Crippen molar-refractivity contribution >= 4 is 28.6 Å². The predicted molar refractivity (Wildman–Crippen MR) is 121 cm³/mol. The van der Waals surface area contributed by atoms with Gasteiger partial charge in [0, 0.05) is 36.6 Å². The topological polar surface area (TPSA) is 92.8 Å². The van der Waals surface area contributed by atoms with E-state index in [9.17, 15) is 4.79 Å². The first kappa shape index (κ1) is 19.7. The molecule has 2 atom stereocenters. The molecule has 2 unspecified atom stereocenters. The lowest BCUT2D eigenvalue weighted by Gasteiger charge is -2.29. The average molecular weight is 415 g/mol. The molecule has 5 rings (SSSR count). The highest BCUT2D eigenvalue weighted by Crippen LogP contribution is 2.49. The quantitative estimate of drug-likeness (QED) is 0.493. The van der Waals surface area contributed by atoms with E-state index in [1.54, 1.807) is 12.4 Å². The number of amides is 1. The number of nitrogens with one attached hydrogen (secondary N) is 1. The Hall–Kier alpha value is -3.29. The minimum Gasteiger partial charge on any atom is -0.378 e. The maximum absolute atomic E-state index is 12.6. The number of fused-ring (bicyclic) bond motifs is 1. The molecule has 2 fully saturated rings. The zero-order valence-corrected chi connectivity index (χ0v) is 17.2. The Morgan fingerprint density at radius 3 is 2.77 bits per heavy atom. The van der Waals surface area contributed by atoms with Gasteiger partial charge in [0.05, 0.1) is 30.9 Å². The Morgan fingerprint density at radius 2 is 1.97 bits per heavy atom. The van der Waals surface area contributed by atoms with E-state index in [1.807, 2.05) is 42.6 Å².